The van der Waals surface area contributed by atoms with Gasteiger partial charge in [-0.15, -0.1) is 0 Å². The molecule has 1 N–H and O–H groups in total. The van der Waals surface area contributed by atoms with Gasteiger partial charge in [0.05, 0.1) is 11.6 Å². The number of carboxylic acids is 1. The number of rotatable bonds is 2. The second kappa shape index (κ2) is 4.84. The fourth-order valence-electron chi connectivity index (χ4n) is 1.46. The maximum atomic E-state index is 11.2. The summed E-state index contributed by atoms with van der Waals surface area (Å²) < 4.78 is 0. The molecule has 0 aliphatic rings. The van der Waals surface area contributed by atoms with Gasteiger partial charge >= 0.3 is 5.97 Å². The third-order valence-electron chi connectivity index (χ3n) is 2.37. The third kappa shape index (κ3) is 3.46. The quantitative estimate of drug-likeness (QED) is 0.793. The van der Waals surface area contributed by atoms with Crippen molar-refractivity contribution in [1.82, 2.24) is 0 Å². The Morgan fingerprint density at radius 2 is 2.06 bits per heavy atom. The molecule has 0 bridgehead atoms. The predicted molar refractivity (Wildman–Crippen MR) is 66.2 cm³/mol. The van der Waals surface area contributed by atoms with Crippen molar-refractivity contribution in [2.24, 2.45) is 5.41 Å². The molecule has 0 radical (unpaired) electrons. The highest BCUT2D eigenvalue weighted by Crippen LogP contribution is 2.27. The van der Waals surface area contributed by atoms with Crippen molar-refractivity contribution >= 4 is 12.0 Å². The van der Waals surface area contributed by atoms with Crippen LogP contribution < -0.4 is 0 Å². The number of nitriles is 1. The highest BCUT2D eigenvalue weighted by Gasteiger charge is 2.23. The van der Waals surface area contributed by atoms with E-state index in [1.807, 2.05) is 26.8 Å². The lowest BCUT2D eigenvalue weighted by Crippen LogP contribution is -2.17. The van der Waals surface area contributed by atoms with Crippen LogP contribution in [0, 0.1) is 16.7 Å². The van der Waals surface area contributed by atoms with Crippen molar-refractivity contribution in [1.29, 1.82) is 5.26 Å². The second-order valence-corrected chi connectivity index (χ2v) is 4.85. The predicted octanol–water partition coefficient (Wildman–Crippen LogP) is 3.07. The lowest BCUT2D eigenvalue weighted by Gasteiger charge is -2.19. The maximum absolute atomic E-state index is 11.2. The minimum Gasteiger partial charge on any atom is -0.478 e. The van der Waals surface area contributed by atoms with Crippen molar-refractivity contribution in [2.75, 3.05) is 0 Å². The third-order valence-corrected chi connectivity index (χ3v) is 2.37. The molecular formula is C14H15NO2. The highest BCUT2D eigenvalue weighted by atomic mass is 16.4. The van der Waals surface area contributed by atoms with Crippen LogP contribution >= 0.6 is 0 Å². The van der Waals surface area contributed by atoms with E-state index in [9.17, 15) is 4.79 Å². The summed E-state index contributed by atoms with van der Waals surface area (Å²) in [5, 5.41) is 17.9. The number of hydrogen-bond donors (Lipinski definition) is 1. The first-order valence-electron chi connectivity index (χ1n) is 5.30. The number of carboxylic acid groups (broad SMARTS) is 1. The van der Waals surface area contributed by atoms with Crippen molar-refractivity contribution in [3.8, 4) is 6.07 Å². The van der Waals surface area contributed by atoms with Crippen molar-refractivity contribution in [2.45, 2.75) is 20.8 Å². The fraction of sp³-hybridized carbons (Fsp3) is 0.286. The summed E-state index contributed by atoms with van der Waals surface area (Å²) in [6.07, 6.45) is 1.61. The van der Waals surface area contributed by atoms with Crippen LogP contribution in [0.15, 0.2) is 29.8 Å². The SMILES string of the molecule is CC(C)(C)C(=Cc1cccc(C#N)c1)C(=O)O. The molecule has 88 valence electrons. The average molecular weight is 229 g/mol. The monoisotopic (exact) mass is 229 g/mol. The van der Waals surface area contributed by atoms with Crippen LogP contribution in [-0.4, -0.2) is 11.1 Å². The van der Waals surface area contributed by atoms with Crippen LogP contribution in [0.3, 0.4) is 0 Å². The molecule has 1 rings (SSSR count). The van der Waals surface area contributed by atoms with Gasteiger partial charge in [-0.3, -0.25) is 0 Å². The van der Waals surface area contributed by atoms with E-state index in [2.05, 4.69) is 0 Å². The number of hydrogen-bond acceptors (Lipinski definition) is 2. The molecule has 17 heavy (non-hydrogen) atoms. The smallest absolute Gasteiger partial charge is 0.332 e. The molecule has 0 atom stereocenters. The Balaban J connectivity index is 3.23. The molecule has 3 heteroatoms. The Kier molecular flexibility index (Phi) is 3.69. The van der Waals surface area contributed by atoms with E-state index in [0.29, 0.717) is 11.1 Å². The van der Waals surface area contributed by atoms with Gasteiger partial charge in [-0.1, -0.05) is 32.9 Å². The molecule has 0 unspecified atom stereocenters. The lowest BCUT2D eigenvalue weighted by atomic mass is 9.85. The number of benzene rings is 1. The Labute approximate surface area is 101 Å². The Morgan fingerprint density at radius 3 is 2.53 bits per heavy atom. The van der Waals surface area contributed by atoms with Gasteiger partial charge < -0.3 is 5.11 Å². The molecule has 0 spiro atoms. The fourth-order valence-corrected chi connectivity index (χ4v) is 1.46. The van der Waals surface area contributed by atoms with E-state index in [-0.39, 0.29) is 0 Å². The highest BCUT2D eigenvalue weighted by molar-refractivity contribution is 5.93. The second-order valence-electron chi connectivity index (χ2n) is 4.85. The first kappa shape index (κ1) is 13.0. The zero-order valence-electron chi connectivity index (χ0n) is 10.2. The molecule has 0 aliphatic heterocycles. The topological polar surface area (TPSA) is 61.1 Å². The Bertz CT molecular complexity index is 502. The molecule has 0 fully saturated rings. The van der Waals surface area contributed by atoms with Gasteiger partial charge in [0.2, 0.25) is 0 Å². The van der Waals surface area contributed by atoms with Crippen LogP contribution in [0.4, 0.5) is 0 Å². The average Bonchev–Trinajstić information content (AvgIpc) is 2.24. The summed E-state index contributed by atoms with van der Waals surface area (Å²) in [6.45, 7) is 5.54. The first-order valence-corrected chi connectivity index (χ1v) is 5.30. The molecule has 0 saturated heterocycles. The number of carbonyl (C=O) groups is 1. The molecule has 3 nitrogen and oxygen atoms in total. The normalized spacial score (nSPS) is 12.0. The summed E-state index contributed by atoms with van der Waals surface area (Å²) >= 11 is 0. The zero-order valence-corrected chi connectivity index (χ0v) is 10.2. The van der Waals surface area contributed by atoms with Gasteiger partial charge in [-0.05, 0) is 29.2 Å². The number of nitrogens with zero attached hydrogens (tertiary/aromatic N) is 1. The largest absolute Gasteiger partial charge is 0.478 e. The minimum absolute atomic E-state index is 0.326. The number of aliphatic carboxylic acids is 1. The van der Waals surface area contributed by atoms with E-state index in [1.165, 1.54) is 0 Å². The van der Waals surface area contributed by atoms with Gasteiger partial charge in [0.25, 0.3) is 0 Å². The summed E-state index contributed by atoms with van der Waals surface area (Å²) in [7, 11) is 0. The molecule has 0 saturated carbocycles. The molecular weight excluding hydrogens is 214 g/mol. The van der Waals surface area contributed by atoms with Crippen molar-refractivity contribution in [3.05, 3.63) is 41.0 Å². The Hall–Kier alpha value is -2.08. The maximum Gasteiger partial charge on any atom is 0.332 e. The van der Waals surface area contributed by atoms with E-state index in [1.54, 1.807) is 30.3 Å². The molecule has 1 aromatic carbocycles. The lowest BCUT2D eigenvalue weighted by molar-refractivity contribution is -0.133. The standard InChI is InChI=1S/C14H15NO2/c1-14(2,3)12(13(16)17)8-10-5-4-6-11(7-10)9-15/h4-8H,1-3H3,(H,16,17). The van der Waals surface area contributed by atoms with Crippen LogP contribution in [0.25, 0.3) is 6.08 Å². The molecule has 1 aromatic rings. The molecule has 0 heterocycles. The van der Waals surface area contributed by atoms with Crippen molar-refractivity contribution in [3.63, 3.8) is 0 Å². The van der Waals surface area contributed by atoms with E-state index >= 15 is 0 Å². The molecule has 0 aliphatic carbocycles. The van der Waals surface area contributed by atoms with Crippen molar-refractivity contribution < 1.29 is 9.90 Å². The van der Waals surface area contributed by atoms with Gasteiger partial charge in [0, 0.05) is 5.57 Å². The van der Waals surface area contributed by atoms with Gasteiger partial charge in [-0.2, -0.15) is 5.26 Å². The van der Waals surface area contributed by atoms with Gasteiger partial charge in [0.1, 0.15) is 0 Å². The van der Waals surface area contributed by atoms with Crippen LogP contribution in [0.5, 0.6) is 0 Å². The summed E-state index contributed by atoms with van der Waals surface area (Å²) in [6, 6.07) is 8.93. The van der Waals surface area contributed by atoms with Crippen LogP contribution in [0.2, 0.25) is 0 Å². The Morgan fingerprint density at radius 1 is 1.41 bits per heavy atom. The summed E-state index contributed by atoms with van der Waals surface area (Å²) in [5.41, 5.74) is 1.15. The first-order chi connectivity index (χ1) is 7.84. The summed E-state index contributed by atoms with van der Waals surface area (Å²) in [4.78, 5) is 11.2. The van der Waals surface area contributed by atoms with E-state index in [4.69, 9.17) is 10.4 Å². The molecule has 0 aromatic heterocycles. The zero-order chi connectivity index (χ0) is 13.1. The van der Waals surface area contributed by atoms with Crippen LogP contribution in [-0.2, 0) is 4.79 Å². The molecule has 0 amide bonds. The van der Waals surface area contributed by atoms with E-state index < -0.39 is 11.4 Å². The van der Waals surface area contributed by atoms with E-state index in [0.717, 1.165) is 5.56 Å². The van der Waals surface area contributed by atoms with Gasteiger partial charge in [-0.25, -0.2) is 4.79 Å². The minimum atomic E-state index is -0.931. The van der Waals surface area contributed by atoms with Gasteiger partial charge in [0.15, 0.2) is 0 Å². The van der Waals surface area contributed by atoms with Crippen LogP contribution in [0.1, 0.15) is 31.9 Å². The summed E-state index contributed by atoms with van der Waals surface area (Å²) in [5.74, 6) is -0.931.